The monoisotopic (exact) mass is 195 g/mol. The Morgan fingerprint density at radius 1 is 1.23 bits per heavy atom. The summed E-state index contributed by atoms with van der Waals surface area (Å²) in [6, 6.07) is 6.36. The SMILES string of the molecule is Cc1cccc(C)c1NCCCS. The van der Waals surface area contributed by atoms with Gasteiger partial charge in [0.15, 0.2) is 0 Å². The van der Waals surface area contributed by atoms with Crippen molar-refractivity contribution in [3.05, 3.63) is 29.3 Å². The highest BCUT2D eigenvalue weighted by Crippen LogP contribution is 2.18. The molecule has 0 saturated carbocycles. The van der Waals surface area contributed by atoms with Crippen LogP contribution < -0.4 is 5.32 Å². The van der Waals surface area contributed by atoms with Gasteiger partial charge in [-0.3, -0.25) is 0 Å². The lowest BCUT2D eigenvalue weighted by Crippen LogP contribution is -2.04. The van der Waals surface area contributed by atoms with Crippen LogP contribution in [0.25, 0.3) is 0 Å². The van der Waals surface area contributed by atoms with Gasteiger partial charge in [-0.05, 0) is 37.1 Å². The summed E-state index contributed by atoms with van der Waals surface area (Å²) in [5.41, 5.74) is 3.92. The molecule has 1 rings (SSSR count). The fourth-order valence-electron chi connectivity index (χ4n) is 1.39. The molecule has 0 aliphatic rings. The van der Waals surface area contributed by atoms with E-state index < -0.39 is 0 Å². The van der Waals surface area contributed by atoms with Crippen LogP contribution in [0.2, 0.25) is 0 Å². The van der Waals surface area contributed by atoms with Gasteiger partial charge in [0.2, 0.25) is 0 Å². The largest absolute Gasteiger partial charge is 0.385 e. The molecule has 0 heterocycles. The third-order valence-corrected chi connectivity index (χ3v) is 2.43. The van der Waals surface area contributed by atoms with Gasteiger partial charge in [0.05, 0.1) is 0 Å². The maximum atomic E-state index is 4.18. The van der Waals surface area contributed by atoms with Crippen molar-refractivity contribution in [2.45, 2.75) is 20.3 Å². The van der Waals surface area contributed by atoms with E-state index >= 15 is 0 Å². The lowest BCUT2D eigenvalue weighted by Gasteiger charge is -2.11. The first-order chi connectivity index (χ1) is 6.25. The van der Waals surface area contributed by atoms with Gasteiger partial charge in [-0.15, -0.1) is 0 Å². The van der Waals surface area contributed by atoms with Crippen molar-refractivity contribution >= 4 is 18.3 Å². The van der Waals surface area contributed by atoms with E-state index in [-0.39, 0.29) is 0 Å². The number of benzene rings is 1. The molecule has 0 aromatic heterocycles. The van der Waals surface area contributed by atoms with Gasteiger partial charge in [0.25, 0.3) is 0 Å². The number of anilines is 1. The molecule has 1 nitrogen and oxygen atoms in total. The summed E-state index contributed by atoms with van der Waals surface area (Å²) in [7, 11) is 0. The van der Waals surface area contributed by atoms with E-state index in [4.69, 9.17) is 0 Å². The van der Waals surface area contributed by atoms with Crippen LogP contribution in [-0.2, 0) is 0 Å². The highest BCUT2D eigenvalue weighted by Gasteiger charge is 1.99. The Labute approximate surface area is 86.0 Å². The number of hydrogen-bond donors (Lipinski definition) is 2. The van der Waals surface area contributed by atoms with E-state index in [1.807, 2.05) is 0 Å². The average molecular weight is 195 g/mol. The van der Waals surface area contributed by atoms with E-state index in [2.05, 4.69) is 50.0 Å². The smallest absolute Gasteiger partial charge is 0.0399 e. The first-order valence-electron chi connectivity index (χ1n) is 4.66. The molecule has 0 unspecified atom stereocenters. The predicted octanol–water partition coefficient (Wildman–Crippen LogP) is 3.04. The minimum absolute atomic E-state index is 0.942. The average Bonchev–Trinajstić information content (AvgIpc) is 2.10. The van der Waals surface area contributed by atoms with E-state index in [1.54, 1.807) is 0 Å². The lowest BCUT2D eigenvalue weighted by molar-refractivity contribution is 0.990. The van der Waals surface area contributed by atoms with Crippen molar-refractivity contribution in [2.24, 2.45) is 0 Å². The second-order valence-electron chi connectivity index (χ2n) is 3.27. The van der Waals surface area contributed by atoms with E-state index in [9.17, 15) is 0 Å². The quantitative estimate of drug-likeness (QED) is 0.556. The van der Waals surface area contributed by atoms with Crippen LogP contribution in [0.5, 0.6) is 0 Å². The van der Waals surface area contributed by atoms with Gasteiger partial charge in [-0.2, -0.15) is 12.6 Å². The maximum absolute atomic E-state index is 4.18. The van der Waals surface area contributed by atoms with E-state index in [1.165, 1.54) is 16.8 Å². The third kappa shape index (κ3) is 2.96. The summed E-state index contributed by atoms with van der Waals surface area (Å²) in [5, 5.41) is 3.43. The van der Waals surface area contributed by atoms with Crippen molar-refractivity contribution < 1.29 is 0 Å². The summed E-state index contributed by atoms with van der Waals surface area (Å²) >= 11 is 4.18. The highest BCUT2D eigenvalue weighted by molar-refractivity contribution is 7.80. The molecular formula is C11H17NS. The van der Waals surface area contributed by atoms with Crippen molar-refractivity contribution in [2.75, 3.05) is 17.6 Å². The van der Waals surface area contributed by atoms with Gasteiger partial charge in [0, 0.05) is 12.2 Å². The number of nitrogens with one attached hydrogen (secondary N) is 1. The van der Waals surface area contributed by atoms with Gasteiger partial charge in [0.1, 0.15) is 0 Å². The molecule has 0 aliphatic carbocycles. The third-order valence-electron chi connectivity index (χ3n) is 2.12. The zero-order valence-corrected chi connectivity index (χ0v) is 9.20. The van der Waals surface area contributed by atoms with Gasteiger partial charge < -0.3 is 5.32 Å². The minimum atomic E-state index is 0.942. The van der Waals surface area contributed by atoms with Crippen molar-refractivity contribution in [3.63, 3.8) is 0 Å². The van der Waals surface area contributed by atoms with E-state index in [0.717, 1.165) is 18.7 Å². The van der Waals surface area contributed by atoms with Crippen LogP contribution >= 0.6 is 12.6 Å². The van der Waals surface area contributed by atoms with Crippen LogP contribution in [0.4, 0.5) is 5.69 Å². The molecule has 0 radical (unpaired) electrons. The molecule has 0 bridgehead atoms. The number of thiol groups is 1. The number of hydrogen-bond acceptors (Lipinski definition) is 2. The molecule has 13 heavy (non-hydrogen) atoms. The van der Waals surface area contributed by atoms with Gasteiger partial charge in [-0.1, -0.05) is 18.2 Å². The normalized spacial score (nSPS) is 10.1. The highest BCUT2D eigenvalue weighted by atomic mass is 32.1. The Morgan fingerprint density at radius 3 is 2.38 bits per heavy atom. The lowest BCUT2D eigenvalue weighted by atomic mass is 10.1. The Bertz CT molecular complexity index is 251. The first kappa shape index (κ1) is 10.5. The molecule has 2 heteroatoms. The molecule has 1 aromatic carbocycles. The molecule has 0 amide bonds. The molecule has 72 valence electrons. The fourth-order valence-corrected chi connectivity index (χ4v) is 1.54. The second-order valence-corrected chi connectivity index (χ2v) is 3.72. The molecule has 0 atom stereocenters. The van der Waals surface area contributed by atoms with Crippen LogP contribution in [0, 0.1) is 13.8 Å². The van der Waals surface area contributed by atoms with Crippen LogP contribution in [-0.4, -0.2) is 12.3 Å². The van der Waals surface area contributed by atoms with Gasteiger partial charge >= 0.3 is 0 Å². The zero-order chi connectivity index (χ0) is 9.68. The summed E-state index contributed by atoms with van der Waals surface area (Å²) < 4.78 is 0. The molecule has 1 N–H and O–H groups in total. The van der Waals surface area contributed by atoms with Crippen molar-refractivity contribution in [1.82, 2.24) is 0 Å². The Balaban J connectivity index is 2.64. The zero-order valence-electron chi connectivity index (χ0n) is 8.30. The summed E-state index contributed by atoms with van der Waals surface area (Å²) in [6.45, 7) is 5.28. The molecule has 0 aliphatic heterocycles. The topological polar surface area (TPSA) is 12.0 Å². The minimum Gasteiger partial charge on any atom is -0.385 e. The van der Waals surface area contributed by atoms with Crippen molar-refractivity contribution in [3.8, 4) is 0 Å². The standard InChI is InChI=1S/C11H17NS/c1-9-5-3-6-10(2)11(9)12-7-4-8-13/h3,5-6,12-13H,4,7-8H2,1-2H3. The van der Waals surface area contributed by atoms with E-state index in [0.29, 0.717) is 0 Å². The van der Waals surface area contributed by atoms with Crippen LogP contribution in [0.1, 0.15) is 17.5 Å². The Morgan fingerprint density at radius 2 is 1.85 bits per heavy atom. The van der Waals surface area contributed by atoms with Gasteiger partial charge in [-0.25, -0.2) is 0 Å². The Hall–Kier alpha value is -0.630. The maximum Gasteiger partial charge on any atom is 0.0399 e. The molecule has 0 fully saturated rings. The predicted molar refractivity (Wildman–Crippen MR) is 62.9 cm³/mol. The molecular weight excluding hydrogens is 178 g/mol. The number of para-hydroxylation sites is 1. The molecule has 0 saturated heterocycles. The Kier molecular flexibility index (Phi) is 4.16. The number of aryl methyl sites for hydroxylation is 2. The van der Waals surface area contributed by atoms with Crippen LogP contribution in [0.15, 0.2) is 18.2 Å². The van der Waals surface area contributed by atoms with Crippen molar-refractivity contribution in [1.29, 1.82) is 0 Å². The summed E-state index contributed by atoms with van der Waals surface area (Å²) in [6.07, 6.45) is 1.11. The second kappa shape index (κ2) is 5.18. The first-order valence-corrected chi connectivity index (χ1v) is 5.30. The molecule has 0 spiro atoms. The van der Waals surface area contributed by atoms with Crippen LogP contribution in [0.3, 0.4) is 0 Å². The fraction of sp³-hybridized carbons (Fsp3) is 0.455. The summed E-state index contributed by atoms with van der Waals surface area (Å²) in [5.74, 6) is 0.942. The number of rotatable bonds is 4. The molecule has 1 aromatic rings. The summed E-state index contributed by atoms with van der Waals surface area (Å²) in [4.78, 5) is 0.